The van der Waals surface area contributed by atoms with Crippen molar-refractivity contribution >= 4 is 17.5 Å². The van der Waals surface area contributed by atoms with Crippen molar-refractivity contribution in [2.24, 2.45) is 5.92 Å². The fourth-order valence-corrected chi connectivity index (χ4v) is 2.40. The fourth-order valence-electron chi connectivity index (χ4n) is 2.25. The Labute approximate surface area is 120 Å². The summed E-state index contributed by atoms with van der Waals surface area (Å²) in [6, 6.07) is 0. The Morgan fingerprint density at radius 3 is 2.80 bits per heavy atom. The van der Waals surface area contributed by atoms with Gasteiger partial charge in [0.2, 0.25) is 11.2 Å². The highest BCUT2D eigenvalue weighted by molar-refractivity contribution is 6.28. The van der Waals surface area contributed by atoms with Crippen molar-refractivity contribution in [3.63, 3.8) is 0 Å². The van der Waals surface area contributed by atoms with Crippen LogP contribution in [0.15, 0.2) is 12.7 Å². The first kappa shape index (κ1) is 13.2. The largest absolute Gasteiger partial charge is 0.393 e. The van der Waals surface area contributed by atoms with E-state index in [4.69, 9.17) is 11.6 Å². The third-order valence-corrected chi connectivity index (χ3v) is 3.57. The van der Waals surface area contributed by atoms with Gasteiger partial charge in [0, 0.05) is 19.0 Å². The molecule has 2 atom stereocenters. The number of hydrogen-bond acceptors (Lipinski definition) is 7. The number of hydrogen-bond donors (Lipinski definition) is 1. The zero-order chi connectivity index (χ0) is 14.1. The first-order chi connectivity index (χ1) is 9.63. The molecule has 1 aliphatic rings. The summed E-state index contributed by atoms with van der Waals surface area (Å²) in [5.74, 6) is 1.05. The van der Waals surface area contributed by atoms with Gasteiger partial charge in [-0.1, -0.05) is 0 Å². The first-order valence-corrected chi connectivity index (χ1v) is 6.71. The fraction of sp³-hybridized carbons (Fsp3) is 0.545. The van der Waals surface area contributed by atoms with Crippen LogP contribution in [0.4, 0.5) is 5.95 Å². The Kier molecular flexibility index (Phi) is 3.49. The Bertz CT molecular complexity index is 588. The molecule has 8 nitrogen and oxygen atoms in total. The third kappa shape index (κ3) is 2.56. The predicted molar refractivity (Wildman–Crippen MR) is 71.8 cm³/mol. The van der Waals surface area contributed by atoms with Gasteiger partial charge in [-0.05, 0) is 24.9 Å². The zero-order valence-electron chi connectivity index (χ0n) is 10.9. The Balaban J connectivity index is 1.87. The molecule has 1 fully saturated rings. The molecule has 2 unspecified atom stereocenters. The smallest absolute Gasteiger partial charge is 0.258 e. The van der Waals surface area contributed by atoms with Crippen LogP contribution in [-0.4, -0.2) is 54.0 Å². The Morgan fingerprint density at radius 2 is 2.15 bits per heavy atom. The van der Waals surface area contributed by atoms with Crippen molar-refractivity contribution in [2.45, 2.75) is 19.4 Å². The van der Waals surface area contributed by atoms with Crippen LogP contribution in [0.2, 0.25) is 5.28 Å². The summed E-state index contributed by atoms with van der Waals surface area (Å²) in [5, 5.41) is 13.7. The topological polar surface area (TPSA) is 92.8 Å². The highest BCUT2D eigenvalue weighted by Crippen LogP contribution is 2.24. The number of nitrogens with zero attached hydrogens (tertiary/aromatic N) is 7. The van der Waals surface area contributed by atoms with E-state index in [0.29, 0.717) is 18.4 Å². The molecule has 1 saturated heterocycles. The number of halogens is 1. The molecule has 0 bridgehead atoms. The number of aliphatic hydroxyl groups is 1. The first-order valence-electron chi connectivity index (χ1n) is 6.33. The van der Waals surface area contributed by atoms with E-state index in [9.17, 15) is 5.11 Å². The van der Waals surface area contributed by atoms with Crippen molar-refractivity contribution in [1.29, 1.82) is 0 Å². The van der Waals surface area contributed by atoms with Crippen molar-refractivity contribution in [3.8, 4) is 5.95 Å². The van der Waals surface area contributed by atoms with E-state index in [2.05, 4.69) is 25.0 Å². The molecule has 20 heavy (non-hydrogen) atoms. The lowest BCUT2D eigenvalue weighted by atomic mass is 10.0. The molecule has 1 aliphatic heterocycles. The highest BCUT2D eigenvalue weighted by atomic mass is 35.5. The minimum Gasteiger partial charge on any atom is -0.393 e. The van der Waals surface area contributed by atoms with E-state index in [1.165, 1.54) is 17.3 Å². The average Bonchev–Trinajstić information content (AvgIpc) is 3.10. The van der Waals surface area contributed by atoms with Gasteiger partial charge in [-0.15, -0.1) is 0 Å². The van der Waals surface area contributed by atoms with Gasteiger partial charge in [0.1, 0.15) is 12.7 Å². The Hall–Kier alpha value is -1.80. The van der Waals surface area contributed by atoms with E-state index in [0.717, 1.165) is 13.0 Å². The van der Waals surface area contributed by atoms with Gasteiger partial charge in [-0.3, -0.25) is 0 Å². The summed E-state index contributed by atoms with van der Waals surface area (Å²) < 4.78 is 1.43. The lowest BCUT2D eigenvalue weighted by molar-refractivity contribution is 0.136. The van der Waals surface area contributed by atoms with Crippen molar-refractivity contribution < 1.29 is 5.11 Å². The Morgan fingerprint density at radius 1 is 1.35 bits per heavy atom. The second kappa shape index (κ2) is 5.29. The van der Waals surface area contributed by atoms with Crippen molar-refractivity contribution in [2.75, 3.05) is 18.0 Å². The van der Waals surface area contributed by atoms with Gasteiger partial charge in [0.15, 0.2) is 0 Å². The number of aromatic nitrogens is 6. The normalized spacial score (nSPS) is 20.4. The average molecular weight is 296 g/mol. The standard InChI is InChI=1S/C11H14ClN7O/c1-7(20)8-2-3-18(4-8)10-15-9(12)16-11(17-10)19-6-13-5-14-19/h5-8,20H,2-4H2,1H3. The molecule has 0 saturated carbocycles. The molecular weight excluding hydrogens is 282 g/mol. The SMILES string of the molecule is CC(O)C1CCN(c2nc(Cl)nc(-n3cncn3)n2)C1. The van der Waals surface area contributed by atoms with Crippen LogP contribution in [0.1, 0.15) is 13.3 Å². The maximum atomic E-state index is 9.65. The van der Waals surface area contributed by atoms with Crippen LogP contribution in [0.5, 0.6) is 0 Å². The molecule has 0 aliphatic carbocycles. The van der Waals surface area contributed by atoms with E-state index >= 15 is 0 Å². The lowest BCUT2D eigenvalue weighted by Gasteiger charge is -2.17. The van der Waals surface area contributed by atoms with Gasteiger partial charge < -0.3 is 10.0 Å². The van der Waals surface area contributed by atoms with Crippen LogP contribution in [-0.2, 0) is 0 Å². The van der Waals surface area contributed by atoms with Crippen molar-refractivity contribution in [3.05, 3.63) is 17.9 Å². The van der Waals surface area contributed by atoms with Gasteiger partial charge >= 0.3 is 0 Å². The number of aliphatic hydroxyl groups excluding tert-OH is 1. The van der Waals surface area contributed by atoms with E-state index in [1.807, 2.05) is 4.90 Å². The molecular formula is C11H14ClN7O. The van der Waals surface area contributed by atoms with Crippen LogP contribution < -0.4 is 4.90 Å². The quantitative estimate of drug-likeness (QED) is 0.871. The summed E-state index contributed by atoms with van der Waals surface area (Å²) >= 11 is 5.94. The molecule has 0 amide bonds. The van der Waals surface area contributed by atoms with Crippen LogP contribution in [0.25, 0.3) is 5.95 Å². The molecule has 0 spiro atoms. The van der Waals surface area contributed by atoms with E-state index in [1.54, 1.807) is 6.92 Å². The molecule has 0 aromatic carbocycles. The van der Waals surface area contributed by atoms with Gasteiger partial charge in [-0.2, -0.15) is 24.7 Å². The van der Waals surface area contributed by atoms with E-state index < -0.39 is 0 Å². The zero-order valence-corrected chi connectivity index (χ0v) is 11.6. The minimum absolute atomic E-state index is 0.112. The molecule has 0 radical (unpaired) electrons. The van der Waals surface area contributed by atoms with Gasteiger partial charge in [-0.25, -0.2) is 4.98 Å². The van der Waals surface area contributed by atoms with Crippen LogP contribution in [0, 0.1) is 5.92 Å². The predicted octanol–water partition coefficient (Wildman–Crippen LogP) is 0.313. The summed E-state index contributed by atoms with van der Waals surface area (Å²) in [6.07, 6.45) is 3.46. The maximum Gasteiger partial charge on any atom is 0.258 e. The highest BCUT2D eigenvalue weighted by Gasteiger charge is 2.28. The summed E-state index contributed by atoms with van der Waals surface area (Å²) in [7, 11) is 0. The number of rotatable bonds is 3. The minimum atomic E-state index is -0.341. The second-order valence-corrected chi connectivity index (χ2v) is 5.12. The molecule has 1 N–H and O–H groups in total. The molecule has 106 valence electrons. The second-order valence-electron chi connectivity index (χ2n) is 4.78. The summed E-state index contributed by atoms with van der Waals surface area (Å²) in [5.41, 5.74) is 0. The van der Waals surface area contributed by atoms with Gasteiger partial charge in [0.25, 0.3) is 5.95 Å². The molecule has 3 rings (SSSR count). The number of anilines is 1. The van der Waals surface area contributed by atoms with Crippen molar-refractivity contribution in [1.82, 2.24) is 29.7 Å². The third-order valence-electron chi connectivity index (χ3n) is 3.40. The monoisotopic (exact) mass is 295 g/mol. The molecule has 2 aromatic heterocycles. The lowest BCUT2D eigenvalue weighted by Crippen LogP contribution is -2.26. The summed E-state index contributed by atoms with van der Waals surface area (Å²) in [6.45, 7) is 3.29. The maximum absolute atomic E-state index is 9.65. The summed E-state index contributed by atoms with van der Waals surface area (Å²) in [4.78, 5) is 18.4. The van der Waals surface area contributed by atoms with E-state index in [-0.39, 0.29) is 17.3 Å². The molecule has 9 heteroatoms. The van der Waals surface area contributed by atoms with Crippen LogP contribution in [0.3, 0.4) is 0 Å². The molecule has 3 heterocycles. The molecule has 2 aromatic rings. The van der Waals surface area contributed by atoms with Crippen LogP contribution >= 0.6 is 11.6 Å². The van der Waals surface area contributed by atoms with Gasteiger partial charge in [0.05, 0.1) is 6.10 Å².